The standard InChI is InChI=1S/C10H14O3/c1-9-4-5-10(2,13-9)7(6-9)8(11)12-3/h4-5,7H,6H2,1-3H3. The Morgan fingerprint density at radius 3 is 2.62 bits per heavy atom. The van der Waals surface area contributed by atoms with E-state index in [1.54, 1.807) is 0 Å². The first-order valence-electron chi connectivity index (χ1n) is 4.47. The molecule has 13 heavy (non-hydrogen) atoms. The van der Waals surface area contributed by atoms with Crippen LogP contribution in [-0.4, -0.2) is 24.3 Å². The van der Waals surface area contributed by atoms with Crippen molar-refractivity contribution in [2.24, 2.45) is 5.92 Å². The Hall–Kier alpha value is -0.830. The fourth-order valence-electron chi connectivity index (χ4n) is 2.28. The van der Waals surface area contributed by atoms with Gasteiger partial charge in [-0.2, -0.15) is 0 Å². The van der Waals surface area contributed by atoms with Crippen molar-refractivity contribution >= 4 is 5.97 Å². The summed E-state index contributed by atoms with van der Waals surface area (Å²) in [6.45, 7) is 3.93. The van der Waals surface area contributed by atoms with Gasteiger partial charge >= 0.3 is 5.97 Å². The molecule has 0 aromatic carbocycles. The molecule has 0 spiro atoms. The maximum absolute atomic E-state index is 11.4. The maximum Gasteiger partial charge on any atom is 0.312 e. The lowest BCUT2D eigenvalue weighted by molar-refractivity contribution is -0.149. The Kier molecular flexibility index (Phi) is 1.58. The average molecular weight is 182 g/mol. The number of hydrogen-bond acceptors (Lipinski definition) is 3. The summed E-state index contributed by atoms with van der Waals surface area (Å²) in [5, 5.41) is 0. The number of hydrogen-bond donors (Lipinski definition) is 0. The molecule has 2 heterocycles. The van der Waals surface area contributed by atoms with Gasteiger partial charge in [-0.25, -0.2) is 0 Å². The minimum absolute atomic E-state index is 0.146. The molecule has 0 aromatic heterocycles. The van der Waals surface area contributed by atoms with Crippen molar-refractivity contribution in [1.82, 2.24) is 0 Å². The van der Waals surface area contributed by atoms with Crippen LogP contribution in [0.1, 0.15) is 20.3 Å². The second-order valence-corrected chi connectivity index (χ2v) is 4.21. The predicted molar refractivity (Wildman–Crippen MR) is 47.2 cm³/mol. The summed E-state index contributed by atoms with van der Waals surface area (Å²) in [5.74, 6) is -0.317. The van der Waals surface area contributed by atoms with E-state index in [1.165, 1.54) is 7.11 Å². The number of carbonyl (C=O) groups is 1. The van der Waals surface area contributed by atoms with Gasteiger partial charge in [0, 0.05) is 0 Å². The summed E-state index contributed by atoms with van der Waals surface area (Å²) in [4.78, 5) is 11.4. The Morgan fingerprint density at radius 2 is 2.23 bits per heavy atom. The van der Waals surface area contributed by atoms with Gasteiger partial charge in [0.1, 0.15) is 0 Å². The number of rotatable bonds is 1. The first-order valence-corrected chi connectivity index (χ1v) is 4.47. The van der Waals surface area contributed by atoms with E-state index in [2.05, 4.69) is 0 Å². The van der Waals surface area contributed by atoms with E-state index in [1.807, 2.05) is 26.0 Å². The van der Waals surface area contributed by atoms with E-state index < -0.39 is 5.60 Å². The molecule has 0 saturated carbocycles. The molecule has 0 aromatic rings. The second-order valence-electron chi connectivity index (χ2n) is 4.21. The summed E-state index contributed by atoms with van der Waals surface area (Å²) >= 11 is 0. The Balaban J connectivity index is 2.27. The Labute approximate surface area is 77.7 Å². The van der Waals surface area contributed by atoms with Crippen LogP contribution in [0.2, 0.25) is 0 Å². The first-order chi connectivity index (χ1) is 5.99. The number of methoxy groups -OCH3 is 1. The summed E-state index contributed by atoms with van der Waals surface area (Å²) < 4.78 is 10.5. The normalized spacial score (nSPS) is 46.8. The SMILES string of the molecule is COC(=O)C1CC2(C)C=CC1(C)O2. The van der Waals surface area contributed by atoms with E-state index in [0.717, 1.165) is 6.42 Å². The number of carbonyl (C=O) groups excluding carboxylic acids is 1. The van der Waals surface area contributed by atoms with Crippen molar-refractivity contribution in [3.63, 3.8) is 0 Å². The maximum atomic E-state index is 11.4. The zero-order valence-corrected chi connectivity index (χ0v) is 8.16. The van der Waals surface area contributed by atoms with Crippen molar-refractivity contribution in [3.8, 4) is 0 Å². The van der Waals surface area contributed by atoms with E-state index in [9.17, 15) is 4.79 Å². The third kappa shape index (κ3) is 1.10. The second kappa shape index (κ2) is 2.35. The molecule has 1 saturated heterocycles. The first kappa shape index (κ1) is 8.75. The number of esters is 1. The molecule has 0 radical (unpaired) electrons. The Bertz CT molecular complexity index is 284. The highest BCUT2D eigenvalue weighted by Crippen LogP contribution is 2.49. The highest BCUT2D eigenvalue weighted by molar-refractivity contribution is 5.75. The molecular formula is C10H14O3. The third-order valence-corrected chi connectivity index (χ3v) is 3.01. The van der Waals surface area contributed by atoms with E-state index in [0.29, 0.717) is 0 Å². The summed E-state index contributed by atoms with van der Waals surface area (Å²) in [7, 11) is 1.42. The van der Waals surface area contributed by atoms with Crippen molar-refractivity contribution in [1.29, 1.82) is 0 Å². The molecule has 1 fully saturated rings. The van der Waals surface area contributed by atoms with E-state index >= 15 is 0 Å². The van der Waals surface area contributed by atoms with Crippen LogP contribution >= 0.6 is 0 Å². The third-order valence-electron chi connectivity index (χ3n) is 3.01. The van der Waals surface area contributed by atoms with Crippen LogP contribution in [0.3, 0.4) is 0 Å². The summed E-state index contributed by atoms with van der Waals surface area (Å²) in [6, 6.07) is 0. The van der Waals surface area contributed by atoms with Crippen LogP contribution in [0.15, 0.2) is 12.2 Å². The summed E-state index contributed by atoms with van der Waals surface area (Å²) in [6.07, 6.45) is 4.73. The van der Waals surface area contributed by atoms with Crippen molar-refractivity contribution in [2.45, 2.75) is 31.5 Å². The predicted octanol–water partition coefficient (Wildman–Crippen LogP) is 1.28. The molecule has 72 valence electrons. The van der Waals surface area contributed by atoms with Crippen LogP contribution in [0, 0.1) is 5.92 Å². The van der Waals surface area contributed by atoms with Gasteiger partial charge in [0.25, 0.3) is 0 Å². The van der Waals surface area contributed by atoms with Gasteiger partial charge in [-0.1, -0.05) is 12.2 Å². The summed E-state index contributed by atoms with van der Waals surface area (Å²) in [5.41, 5.74) is -0.699. The fourth-order valence-corrected chi connectivity index (χ4v) is 2.28. The quantitative estimate of drug-likeness (QED) is 0.452. The van der Waals surface area contributed by atoms with Crippen LogP contribution in [0.5, 0.6) is 0 Å². The smallest absolute Gasteiger partial charge is 0.312 e. The molecule has 2 aliphatic rings. The van der Waals surface area contributed by atoms with E-state index in [-0.39, 0.29) is 17.5 Å². The van der Waals surface area contributed by atoms with Crippen LogP contribution < -0.4 is 0 Å². The zero-order chi connectivity index (χ0) is 9.69. The lowest BCUT2D eigenvalue weighted by atomic mass is 9.80. The monoisotopic (exact) mass is 182 g/mol. The molecule has 2 bridgehead atoms. The molecule has 0 N–H and O–H groups in total. The number of fused-ring (bicyclic) bond motifs is 2. The highest BCUT2D eigenvalue weighted by atomic mass is 16.6. The molecule has 0 aliphatic carbocycles. The molecule has 3 atom stereocenters. The van der Waals surface area contributed by atoms with Crippen LogP contribution in [0.4, 0.5) is 0 Å². The molecular weight excluding hydrogens is 168 g/mol. The molecule has 3 nitrogen and oxygen atoms in total. The van der Waals surface area contributed by atoms with Crippen molar-refractivity contribution in [3.05, 3.63) is 12.2 Å². The van der Waals surface area contributed by atoms with Gasteiger partial charge in [0.2, 0.25) is 0 Å². The van der Waals surface area contributed by atoms with Gasteiger partial charge < -0.3 is 9.47 Å². The minimum Gasteiger partial charge on any atom is -0.469 e. The van der Waals surface area contributed by atoms with Gasteiger partial charge in [-0.05, 0) is 20.3 Å². The largest absolute Gasteiger partial charge is 0.469 e. The zero-order valence-electron chi connectivity index (χ0n) is 8.16. The van der Waals surface area contributed by atoms with Gasteiger partial charge in [0.15, 0.2) is 0 Å². The molecule has 2 rings (SSSR count). The van der Waals surface area contributed by atoms with Crippen molar-refractivity contribution < 1.29 is 14.3 Å². The molecule has 3 unspecified atom stereocenters. The molecule has 3 heteroatoms. The molecule has 2 aliphatic heterocycles. The van der Waals surface area contributed by atoms with Gasteiger partial charge in [0.05, 0.1) is 24.2 Å². The van der Waals surface area contributed by atoms with E-state index in [4.69, 9.17) is 9.47 Å². The van der Waals surface area contributed by atoms with Crippen LogP contribution in [-0.2, 0) is 14.3 Å². The number of ether oxygens (including phenoxy) is 2. The minimum atomic E-state index is -0.443. The lowest BCUT2D eigenvalue weighted by Crippen LogP contribution is -2.34. The average Bonchev–Trinajstić information content (AvgIpc) is 2.51. The Morgan fingerprint density at radius 1 is 1.54 bits per heavy atom. The van der Waals surface area contributed by atoms with Gasteiger partial charge in [-0.3, -0.25) is 4.79 Å². The van der Waals surface area contributed by atoms with Crippen molar-refractivity contribution in [2.75, 3.05) is 7.11 Å². The van der Waals surface area contributed by atoms with Crippen LogP contribution in [0.25, 0.3) is 0 Å². The lowest BCUT2D eigenvalue weighted by Gasteiger charge is -2.23. The highest BCUT2D eigenvalue weighted by Gasteiger charge is 2.56. The van der Waals surface area contributed by atoms with Gasteiger partial charge in [-0.15, -0.1) is 0 Å². The topological polar surface area (TPSA) is 35.5 Å². The molecule has 0 amide bonds. The fraction of sp³-hybridized carbons (Fsp3) is 0.700.